The van der Waals surface area contributed by atoms with E-state index in [4.69, 9.17) is 23.2 Å². The number of phenols is 1. The van der Waals surface area contributed by atoms with Gasteiger partial charge in [-0.25, -0.2) is 0 Å². The Labute approximate surface area is 111 Å². The van der Waals surface area contributed by atoms with E-state index in [1.165, 1.54) is 5.56 Å². The molecule has 17 heavy (non-hydrogen) atoms. The van der Waals surface area contributed by atoms with Crippen LogP contribution in [-0.2, 0) is 12.8 Å². The lowest BCUT2D eigenvalue weighted by molar-refractivity contribution is 0.475. The summed E-state index contributed by atoms with van der Waals surface area (Å²) in [5, 5.41) is 10.5. The van der Waals surface area contributed by atoms with Crippen LogP contribution in [0, 0.1) is 0 Å². The van der Waals surface area contributed by atoms with Gasteiger partial charge in [0.15, 0.2) is 0 Å². The molecule has 0 fully saturated rings. The summed E-state index contributed by atoms with van der Waals surface area (Å²) in [4.78, 5) is 0. The summed E-state index contributed by atoms with van der Waals surface area (Å²) < 4.78 is 0. The minimum absolute atomic E-state index is 0.290. The maximum absolute atomic E-state index is 9.18. The quantitative estimate of drug-likeness (QED) is 0.869. The first-order valence-electron chi connectivity index (χ1n) is 5.37. The number of hydrogen-bond acceptors (Lipinski definition) is 1. The van der Waals surface area contributed by atoms with Gasteiger partial charge in [0.25, 0.3) is 0 Å². The molecule has 0 aromatic heterocycles. The van der Waals surface area contributed by atoms with Crippen LogP contribution < -0.4 is 0 Å². The molecule has 0 radical (unpaired) electrons. The van der Waals surface area contributed by atoms with Crippen molar-refractivity contribution < 1.29 is 5.11 Å². The molecule has 0 amide bonds. The molecule has 0 aliphatic carbocycles. The third-order valence-electron chi connectivity index (χ3n) is 2.63. The molecular weight excluding hydrogens is 255 g/mol. The normalized spacial score (nSPS) is 10.5. The van der Waals surface area contributed by atoms with Crippen LogP contribution in [0.2, 0.25) is 10.0 Å². The van der Waals surface area contributed by atoms with Gasteiger partial charge in [-0.05, 0) is 48.2 Å². The van der Waals surface area contributed by atoms with E-state index in [9.17, 15) is 5.11 Å². The molecule has 0 heterocycles. The predicted molar refractivity (Wildman–Crippen MR) is 72.0 cm³/mol. The van der Waals surface area contributed by atoms with Crippen LogP contribution in [-0.4, -0.2) is 5.11 Å². The van der Waals surface area contributed by atoms with Gasteiger partial charge in [0.1, 0.15) is 5.75 Å². The van der Waals surface area contributed by atoms with Gasteiger partial charge in [0.2, 0.25) is 0 Å². The van der Waals surface area contributed by atoms with Crippen molar-refractivity contribution >= 4 is 23.2 Å². The zero-order valence-corrected chi connectivity index (χ0v) is 10.7. The fourth-order valence-electron chi connectivity index (χ4n) is 1.67. The Bertz CT molecular complexity index is 506. The van der Waals surface area contributed by atoms with Crippen molar-refractivity contribution in [2.45, 2.75) is 12.8 Å². The van der Waals surface area contributed by atoms with Gasteiger partial charge >= 0.3 is 0 Å². The number of phenolic OH excluding ortho intramolecular Hbond substituents is 1. The second-order valence-electron chi connectivity index (χ2n) is 3.90. The van der Waals surface area contributed by atoms with E-state index in [0.29, 0.717) is 15.8 Å². The molecule has 0 spiro atoms. The molecule has 1 nitrogen and oxygen atoms in total. The highest BCUT2D eigenvalue weighted by molar-refractivity contribution is 6.35. The fourth-order valence-corrected chi connectivity index (χ4v) is 2.17. The molecule has 2 rings (SSSR count). The Morgan fingerprint density at radius 3 is 2.24 bits per heavy atom. The van der Waals surface area contributed by atoms with E-state index < -0.39 is 0 Å². The monoisotopic (exact) mass is 266 g/mol. The molecule has 0 aliphatic heterocycles. The Morgan fingerprint density at radius 2 is 1.59 bits per heavy atom. The first kappa shape index (κ1) is 12.3. The Kier molecular flexibility index (Phi) is 3.93. The second-order valence-corrected chi connectivity index (χ2v) is 4.75. The van der Waals surface area contributed by atoms with E-state index in [0.717, 1.165) is 18.4 Å². The van der Waals surface area contributed by atoms with Crippen molar-refractivity contribution in [2.24, 2.45) is 0 Å². The molecule has 0 atom stereocenters. The predicted octanol–water partition coefficient (Wildman–Crippen LogP) is 4.48. The molecule has 2 aromatic carbocycles. The molecule has 2 aromatic rings. The van der Waals surface area contributed by atoms with E-state index in [-0.39, 0.29) is 0 Å². The van der Waals surface area contributed by atoms with Gasteiger partial charge in [-0.2, -0.15) is 0 Å². The van der Waals surface area contributed by atoms with Crippen LogP contribution in [0.25, 0.3) is 0 Å². The average Bonchev–Trinajstić information content (AvgIpc) is 2.30. The first-order chi connectivity index (χ1) is 8.15. The molecule has 0 unspecified atom stereocenters. The summed E-state index contributed by atoms with van der Waals surface area (Å²) in [5.74, 6) is 0.290. The van der Waals surface area contributed by atoms with E-state index in [1.807, 2.05) is 24.3 Å². The average molecular weight is 267 g/mol. The molecular formula is C14H12Cl2O. The largest absolute Gasteiger partial charge is 0.508 e. The molecule has 88 valence electrons. The molecule has 0 saturated heterocycles. The summed E-state index contributed by atoms with van der Waals surface area (Å²) in [6.45, 7) is 0. The number of benzene rings is 2. The van der Waals surface area contributed by atoms with Crippen molar-refractivity contribution in [1.29, 1.82) is 0 Å². The number of aryl methyl sites for hydroxylation is 2. The zero-order chi connectivity index (χ0) is 12.3. The minimum atomic E-state index is 0.290. The Morgan fingerprint density at radius 1 is 0.882 bits per heavy atom. The van der Waals surface area contributed by atoms with E-state index in [1.54, 1.807) is 18.2 Å². The summed E-state index contributed by atoms with van der Waals surface area (Å²) in [5.41, 5.74) is 2.26. The van der Waals surface area contributed by atoms with Gasteiger partial charge in [0, 0.05) is 10.0 Å². The molecule has 0 saturated carbocycles. The fraction of sp³-hybridized carbons (Fsp3) is 0.143. The Balaban J connectivity index is 2.04. The lowest BCUT2D eigenvalue weighted by Gasteiger charge is -2.05. The third kappa shape index (κ3) is 3.39. The Hall–Kier alpha value is -1.18. The first-order valence-corrected chi connectivity index (χ1v) is 6.12. The van der Waals surface area contributed by atoms with E-state index in [2.05, 4.69) is 0 Å². The summed E-state index contributed by atoms with van der Waals surface area (Å²) in [7, 11) is 0. The maximum Gasteiger partial charge on any atom is 0.115 e. The number of rotatable bonds is 3. The van der Waals surface area contributed by atoms with Crippen molar-refractivity contribution in [3.05, 3.63) is 63.6 Å². The highest BCUT2D eigenvalue weighted by Gasteiger charge is 2.02. The van der Waals surface area contributed by atoms with Gasteiger partial charge in [-0.1, -0.05) is 41.4 Å². The van der Waals surface area contributed by atoms with E-state index >= 15 is 0 Å². The lowest BCUT2D eigenvalue weighted by atomic mass is 10.0. The summed E-state index contributed by atoms with van der Waals surface area (Å²) >= 11 is 11.9. The second kappa shape index (κ2) is 5.44. The number of halogens is 2. The minimum Gasteiger partial charge on any atom is -0.508 e. The van der Waals surface area contributed by atoms with Gasteiger partial charge < -0.3 is 5.11 Å². The van der Waals surface area contributed by atoms with Gasteiger partial charge in [0.05, 0.1) is 0 Å². The molecule has 3 heteroatoms. The van der Waals surface area contributed by atoms with Crippen LogP contribution in [0.1, 0.15) is 11.1 Å². The SMILES string of the molecule is Oc1ccc(CCc2ccc(Cl)cc2Cl)cc1. The standard InChI is InChI=1S/C14H12Cl2O/c15-12-6-5-11(14(16)9-12)4-1-10-2-7-13(17)8-3-10/h2-3,5-9,17H,1,4H2. The summed E-state index contributed by atoms with van der Waals surface area (Å²) in [6.07, 6.45) is 1.75. The van der Waals surface area contributed by atoms with Crippen molar-refractivity contribution in [1.82, 2.24) is 0 Å². The third-order valence-corrected chi connectivity index (χ3v) is 3.22. The van der Waals surface area contributed by atoms with Crippen molar-refractivity contribution in [2.75, 3.05) is 0 Å². The van der Waals surface area contributed by atoms with Crippen LogP contribution in [0.3, 0.4) is 0 Å². The van der Waals surface area contributed by atoms with Crippen molar-refractivity contribution in [3.8, 4) is 5.75 Å². The van der Waals surface area contributed by atoms with Gasteiger partial charge in [-0.3, -0.25) is 0 Å². The van der Waals surface area contributed by atoms with Gasteiger partial charge in [-0.15, -0.1) is 0 Å². The number of hydrogen-bond donors (Lipinski definition) is 1. The lowest BCUT2D eigenvalue weighted by Crippen LogP contribution is -1.92. The van der Waals surface area contributed by atoms with Crippen LogP contribution >= 0.6 is 23.2 Å². The van der Waals surface area contributed by atoms with Crippen LogP contribution in [0.4, 0.5) is 0 Å². The smallest absolute Gasteiger partial charge is 0.115 e. The highest BCUT2D eigenvalue weighted by Crippen LogP contribution is 2.22. The highest BCUT2D eigenvalue weighted by atomic mass is 35.5. The van der Waals surface area contributed by atoms with Crippen LogP contribution in [0.15, 0.2) is 42.5 Å². The van der Waals surface area contributed by atoms with Crippen LogP contribution in [0.5, 0.6) is 5.75 Å². The summed E-state index contributed by atoms with van der Waals surface area (Å²) in [6, 6.07) is 12.8. The zero-order valence-electron chi connectivity index (χ0n) is 9.16. The molecule has 1 N–H and O–H groups in total. The molecule has 0 bridgehead atoms. The molecule has 0 aliphatic rings. The maximum atomic E-state index is 9.18. The number of aromatic hydroxyl groups is 1. The topological polar surface area (TPSA) is 20.2 Å². The van der Waals surface area contributed by atoms with Crippen molar-refractivity contribution in [3.63, 3.8) is 0 Å².